The number of aryl methyl sites for hydroxylation is 1. The lowest BCUT2D eigenvalue weighted by atomic mass is 9.98. The van der Waals surface area contributed by atoms with E-state index in [0.29, 0.717) is 23.2 Å². The Kier molecular flexibility index (Phi) is 6.03. The van der Waals surface area contributed by atoms with Gasteiger partial charge in [0.1, 0.15) is 11.3 Å². The fraction of sp³-hybridized carbons (Fsp3) is 0.231. The van der Waals surface area contributed by atoms with Crippen molar-refractivity contribution in [3.05, 3.63) is 77.9 Å². The maximum absolute atomic E-state index is 12.3. The Balaban J connectivity index is 1.46. The zero-order chi connectivity index (χ0) is 21.8. The maximum Gasteiger partial charge on any atom is 0.262 e. The average Bonchev–Trinajstić information content (AvgIpc) is 3.22. The molecule has 3 aromatic carbocycles. The van der Waals surface area contributed by atoms with Gasteiger partial charge in [0, 0.05) is 11.3 Å². The summed E-state index contributed by atoms with van der Waals surface area (Å²) in [4.78, 5) is 17.0. The van der Waals surface area contributed by atoms with Gasteiger partial charge in [0.25, 0.3) is 5.91 Å². The number of nitrogens with one attached hydrogen (secondary N) is 1. The number of hydrogen-bond donors (Lipinski definition) is 1. The minimum Gasteiger partial charge on any atom is -0.484 e. The molecule has 0 spiro atoms. The molecule has 0 aliphatic carbocycles. The Morgan fingerprint density at radius 1 is 1.10 bits per heavy atom. The molecule has 1 heterocycles. The van der Waals surface area contributed by atoms with Crippen LogP contribution in [0.15, 0.2) is 71.1 Å². The van der Waals surface area contributed by atoms with Crippen LogP contribution in [0.1, 0.15) is 37.3 Å². The van der Waals surface area contributed by atoms with Crippen molar-refractivity contribution in [3.8, 4) is 17.2 Å². The van der Waals surface area contributed by atoms with E-state index in [2.05, 4.69) is 36.3 Å². The number of anilines is 1. The molecule has 4 rings (SSSR count). The van der Waals surface area contributed by atoms with E-state index in [0.717, 1.165) is 28.6 Å². The first-order valence-corrected chi connectivity index (χ1v) is 10.5. The Morgan fingerprint density at radius 2 is 1.90 bits per heavy atom. The summed E-state index contributed by atoms with van der Waals surface area (Å²) in [6.07, 6.45) is 1.07. The molecule has 0 saturated heterocycles. The van der Waals surface area contributed by atoms with Gasteiger partial charge >= 0.3 is 0 Å². The van der Waals surface area contributed by atoms with Crippen LogP contribution < -0.4 is 10.1 Å². The third kappa shape index (κ3) is 4.94. The third-order valence-corrected chi connectivity index (χ3v) is 5.38. The molecule has 1 amide bonds. The average molecular weight is 415 g/mol. The standard InChI is InChI=1S/C26H26N2O3/c1-4-18(3)19-10-13-24-23(15-19)28-26(31-24)20-6-5-7-21(14-20)27-25(29)16-30-22-11-8-17(2)9-12-22/h5-15,18H,4,16H2,1-3H3,(H,27,29)/t18-/m0/s1. The Hall–Kier alpha value is -3.60. The van der Waals surface area contributed by atoms with E-state index < -0.39 is 0 Å². The molecule has 0 unspecified atom stereocenters. The summed E-state index contributed by atoms with van der Waals surface area (Å²) in [5.74, 6) is 1.44. The fourth-order valence-corrected chi connectivity index (χ4v) is 3.32. The normalized spacial score (nSPS) is 12.0. The summed E-state index contributed by atoms with van der Waals surface area (Å²) >= 11 is 0. The van der Waals surface area contributed by atoms with Crippen LogP contribution in [0.5, 0.6) is 5.75 Å². The van der Waals surface area contributed by atoms with Crippen molar-refractivity contribution >= 4 is 22.7 Å². The summed E-state index contributed by atoms with van der Waals surface area (Å²) < 4.78 is 11.5. The van der Waals surface area contributed by atoms with E-state index in [-0.39, 0.29) is 12.5 Å². The van der Waals surface area contributed by atoms with Crippen molar-refractivity contribution < 1.29 is 13.9 Å². The number of hydrogen-bond acceptors (Lipinski definition) is 4. The molecule has 0 aliphatic heterocycles. The maximum atomic E-state index is 12.3. The first kappa shape index (κ1) is 20.7. The molecule has 0 aliphatic rings. The molecule has 1 N–H and O–H groups in total. The molecule has 5 nitrogen and oxygen atoms in total. The zero-order valence-corrected chi connectivity index (χ0v) is 18.0. The smallest absolute Gasteiger partial charge is 0.262 e. The van der Waals surface area contributed by atoms with Gasteiger partial charge in [-0.05, 0) is 67.3 Å². The summed E-state index contributed by atoms with van der Waals surface area (Å²) in [7, 11) is 0. The molecule has 0 saturated carbocycles. The molecule has 4 aromatic rings. The van der Waals surface area contributed by atoms with Gasteiger partial charge in [-0.25, -0.2) is 4.98 Å². The van der Waals surface area contributed by atoms with Gasteiger partial charge in [0.05, 0.1) is 0 Å². The highest BCUT2D eigenvalue weighted by Gasteiger charge is 2.12. The minimum atomic E-state index is -0.228. The highest BCUT2D eigenvalue weighted by Crippen LogP contribution is 2.29. The van der Waals surface area contributed by atoms with Crippen LogP contribution in [0.2, 0.25) is 0 Å². The highest BCUT2D eigenvalue weighted by atomic mass is 16.5. The molecule has 31 heavy (non-hydrogen) atoms. The summed E-state index contributed by atoms with van der Waals surface area (Å²) in [6, 6.07) is 21.2. The van der Waals surface area contributed by atoms with E-state index in [1.165, 1.54) is 5.56 Å². The van der Waals surface area contributed by atoms with Crippen molar-refractivity contribution in [2.45, 2.75) is 33.1 Å². The number of oxazole rings is 1. The van der Waals surface area contributed by atoms with Crippen molar-refractivity contribution in [3.63, 3.8) is 0 Å². The van der Waals surface area contributed by atoms with Crippen LogP contribution in [0, 0.1) is 6.92 Å². The summed E-state index contributed by atoms with van der Waals surface area (Å²) in [6.45, 7) is 6.32. The number of carbonyl (C=O) groups is 1. The molecule has 0 radical (unpaired) electrons. The van der Waals surface area contributed by atoms with Crippen molar-refractivity contribution in [1.82, 2.24) is 4.98 Å². The molecule has 158 valence electrons. The van der Waals surface area contributed by atoms with Gasteiger partial charge in [-0.15, -0.1) is 0 Å². The van der Waals surface area contributed by atoms with E-state index >= 15 is 0 Å². The Morgan fingerprint density at radius 3 is 2.68 bits per heavy atom. The van der Waals surface area contributed by atoms with Gasteiger partial charge in [-0.2, -0.15) is 0 Å². The quantitative estimate of drug-likeness (QED) is 0.383. The predicted octanol–water partition coefficient (Wildman–Crippen LogP) is 6.33. The SMILES string of the molecule is CC[C@H](C)c1ccc2oc(-c3cccc(NC(=O)COc4ccc(C)cc4)c3)nc2c1. The van der Waals surface area contributed by atoms with Gasteiger partial charge in [-0.1, -0.05) is 43.7 Å². The number of ether oxygens (including phenoxy) is 1. The summed E-state index contributed by atoms with van der Waals surface area (Å²) in [5.41, 5.74) is 5.46. The van der Waals surface area contributed by atoms with Gasteiger partial charge in [-0.3, -0.25) is 4.79 Å². The molecule has 5 heteroatoms. The van der Waals surface area contributed by atoms with Crippen LogP contribution in [-0.4, -0.2) is 17.5 Å². The van der Waals surface area contributed by atoms with E-state index in [1.807, 2.05) is 61.5 Å². The molecule has 0 bridgehead atoms. The van der Waals surface area contributed by atoms with Crippen LogP contribution in [0.3, 0.4) is 0 Å². The highest BCUT2D eigenvalue weighted by molar-refractivity contribution is 5.92. The van der Waals surface area contributed by atoms with Gasteiger partial charge in [0.2, 0.25) is 5.89 Å². The lowest BCUT2D eigenvalue weighted by Crippen LogP contribution is -2.20. The lowest BCUT2D eigenvalue weighted by molar-refractivity contribution is -0.118. The number of nitrogens with zero attached hydrogens (tertiary/aromatic N) is 1. The van der Waals surface area contributed by atoms with E-state index in [4.69, 9.17) is 9.15 Å². The van der Waals surface area contributed by atoms with E-state index in [1.54, 1.807) is 0 Å². The zero-order valence-electron chi connectivity index (χ0n) is 18.0. The van der Waals surface area contributed by atoms with E-state index in [9.17, 15) is 4.79 Å². The number of rotatable bonds is 7. The minimum absolute atomic E-state index is 0.0609. The van der Waals surface area contributed by atoms with Crippen molar-refractivity contribution in [2.24, 2.45) is 0 Å². The number of amides is 1. The Bertz CT molecular complexity index is 1190. The largest absolute Gasteiger partial charge is 0.484 e. The van der Waals surface area contributed by atoms with Gasteiger partial charge in [0.15, 0.2) is 12.2 Å². The Labute approximate surface area is 182 Å². The molecular formula is C26H26N2O3. The predicted molar refractivity (Wildman–Crippen MR) is 123 cm³/mol. The number of benzene rings is 3. The second kappa shape index (κ2) is 9.04. The van der Waals surface area contributed by atoms with Crippen molar-refractivity contribution in [2.75, 3.05) is 11.9 Å². The number of aromatic nitrogens is 1. The lowest BCUT2D eigenvalue weighted by Gasteiger charge is -2.08. The summed E-state index contributed by atoms with van der Waals surface area (Å²) in [5, 5.41) is 2.87. The third-order valence-electron chi connectivity index (χ3n) is 5.38. The van der Waals surface area contributed by atoms with Gasteiger partial charge < -0.3 is 14.5 Å². The number of fused-ring (bicyclic) bond motifs is 1. The molecule has 0 fully saturated rings. The second-order valence-corrected chi connectivity index (χ2v) is 7.79. The monoisotopic (exact) mass is 414 g/mol. The second-order valence-electron chi connectivity index (χ2n) is 7.79. The first-order chi connectivity index (χ1) is 15.0. The van der Waals surface area contributed by atoms with Crippen LogP contribution in [0.4, 0.5) is 5.69 Å². The topological polar surface area (TPSA) is 64.4 Å². The first-order valence-electron chi connectivity index (χ1n) is 10.5. The molecule has 1 aromatic heterocycles. The van der Waals surface area contributed by atoms with Crippen LogP contribution >= 0.6 is 0 Å². The van der Waals surface area contributed by atoms with Crippen LogP contribution in [0.25, 0.3) is 22.6 Å². The van der Waals surface area contributed by atoms with Crippen LogP contribution in [-0.2, 0) is 4.79 Å². The fourth-order valence-electron chi connectivity index (χ4n) is 3.32. The van der Waals surface area contributed by atoms with Crippen molar-refractivity contribution in [1.29, 1.82) is 0 Å². The molecular weight excluding hydrogens is 388 g/mol. The molecule has 1 atom stereocenters. The number of carbonyl (C=O) groups excluding carboxylic acids is 1.